The summed E-state index contributed by atoms with van der Waals surface area (Å²) in [5.41, 5.74) is 2.57. The molecule has 4 rings (SSSR count). The fourth-order valence-corrected chi connectivity index (χ4v) is 5.72. The molecular weight excluding hydrogens is 574 g/mol. The predicted molar refractivity (Wildman–Crippen MR) is 162 cm³/mol. The molecule has 0 radical (unpaired) electrons. The molecule has 2 amide bonds. The maximum Gasteiger partial charge on any atom is 0.243 e. The largest absolute Gasteiger partial charge is 0.467 e. The van der Waals surface area contributed by atoms with Gasteiger partial charge < -0.3 is 14.6 Å². The SMILES string of the molecule is CCNS(=O)(=O)c1ccc(CCC(=O)N(Cc2ccc(Cl)cc2)[C@@H](Cc2ccccc2)C(=O)NCc2ccco2)cc1. The predicted octanol–water partition coefficient (Wildman–Crippen LogP) is 5.12. The van der Waals surface area contributed by atoms with Crippen LogP contribution in [0.15, 0.2) is 107 Å². The van der Waals surface area contributed by atoms with E-state index in [0.717, 1.165) is 16.7 Å². The summed E-state index contributed by atoms with van der Waals surface area (Å²) in [5, 5.41) is 3.51. The maximum absolute atomic E-state index is 13.9. The van der Waals surface area contributed by atoms with Crippen LogP contribution in [0.4, 0.5) is 0 Å². The van der Waals surface area contributed by atoms with Gasteiger partial charge in [0.1, 0.15) is 11.8 Å². The Kier molecular flexibility index (Phi) is 10.9. The van der Waals surface area contributed by atoms with Crippen LogP contribution in [0.2, 0.25) is 5.02 Å². The Bertz CT molecular complexity index is 1540. The van der Waals surface area contributed by atoms with E-state index in [9.17, 15) is 18.0 Å². The summed E-state index contributed by atoms with van der Waals surface area (Å²) in [6.45, 7) is 2.42. The Hall–Kier alpha value is -3.92. The molecule has 42 heavy (non-hydrogen) atoms. The number of carbonyl (C=O) groups excluding carboxylic acids is 2. The summed E-state index contributed by atoms with van der Waals surface area (Å²) in [7, 11) is -3.57. The molecule has 0 aliphatic heterocycles. The quantitative estimate of drug-likeness (QED) is 0.207. The molecule has 3 aromatic carbocycles. The van der Waals surface area contributed by atoms with E-state index in [0.29, 0.717) is 30.2 Å². The Morgan fingerprint density at radius 2 is 1.57 bits per heavy atom. The van der Waals surface area contributed by atoms with Gasteiger partial charge in [0.2, 0.25) is 21.8 Å². The lowest BCUT2D eigenvalue weighted by Gasteiger charge is -2.31. The molecule has 0 aliphatic carbocycles. The second-order valence-corrected chi connectivity index (χ2v) is 12.0. The molecule has 8 nitrogen and oxygen atoms in total. The van der Waals surface area contributed by atoms with Crippen molar-refractivity contribution in [2.75, 3.05) is 6.54 Å². The van der Waals surface area contributed by atoms with Crippen molar-refractivity contribution in [2.24, 2.45) is 0 Å². The van der Waals surface area contributed by atoms with Crippen LogP contribution in [0.3, 0.4) is 0 Å². The van der Waals surface area contributed by atoms with Gasteiger partial charge in [0.25, 0.3) is 0 Å². The second-order valence-electron chi connectivity index (χ2n) is 9.80. The molecule has 0 aliphatic rings. The van der Waals surface area contributed by atoms with Crippen LogP contribution in [0.1, 0.15) is 35.8 Å². The van der Waals surface area contributed by atoms with Crippen LogP contribution in [-0.2, 0) is 45.5 Å². The molecule has 0 unspecified atom stereocenters. The van der Waals surface area contributed by atoms with E-state index in [4.69, 9.17) is 16.0 Å². The summed E-state index contributed by atoms with van der Waals surface area (Å²) in [4.78, 5) is 29.3. The smallest absolute Gasteiger partial charge is 0.243 e. The highest BCUT2D eigenvalue weighted by molar-refractivity contribution is 7.89. The zero-order chi connectivity index (χ0) is 30.0. The van der Waals surface area contributed by atoms with Gasteiger partial charge in [-0.3, -0.25) is 9.59 Å². The molecule has 0 saturated heterocycles. The number of furan rings is 1. The van der Waals surface area contributed by atoms with Gasteiger partial charge in [0.15, 0.2) is 0 Å². The zero-order valence-corrected chi connectivity index (χ0v) is 24.9. The van der Waals surface area contributed by atoms with Crippen LogP contribution in [0, 0.1) is 0 Å². The third kappa shape index (κ3) is 8.79. The van der Waals surface area contributed by atoms with E-state index >= 15 is 0 Å². The number of amides is 2. The standard InChI is InChI=1S/C32H34ClN3O5S/c1-2-35-42(39,40)29-17-12-24(13-18-29)14-19-31(37)36(23-26-10-15-27(33)16-11-26)30(21-25-7-4-3-5-8-25)32(38)34-22-28-9-6-20-41-28/h3-13,15-18,20,30,35H,2,14,19,21-23H2,1H3,(H,34,38)/t30-/m0/s1. The summed E-state index contributed by atoms with van der Waals surface area (Å²) in [6.07, 6.45) is 2.37. The van der Waals surface area contributed by atoms with Crippen molar-refractivity contribution in [3.8, 4) is 0 Å². The van der Waals surface area contributed by atoms with Gasteiger partial charge in [-0.15, -0.1) is 0 Å². The van der Waals surface area contributed by atoms with Crippen molar-refractivity contribution < 1.29 is 22.4 Å². The lowest BCUT2D eigenvalue weighted by atomic mass is 10.0. The molecule has 10 heteroatoms. The number of sulfonamides is 1. The third-order valence-electron chi connectivity index (χ3n) is 6.75. The molecule has 1 heterocycles. The molecule has 0 fully saturated rings. The zero-order valence-electron chi connectivity index (χ0n) is 23.3. The number of benzene rings is 3. The first kappa shape index (κ1) is 31.0. The van der Waals surface area contributed by atoms with Gasteiger partial charge in [-0.05, 0) is 59.5 Å². The minimum Gasteiger partial charge on any atom is -0.467 e. The average Bonchev–Trinajstić information content (AvgIpc) is 3.52. The molecule has 0 spiro atoms. The Morgan fingerprint density at radius 3 is 2.21 bits per heavy atom. The van der Waals surface area contributed by atoms with E-state index in [1.807, 2.05) is 42.5 Å². The Labute approximate surface area is 251 Å². The molecular formula is C32H34ClN3O5S. The third-order valence-corrected chi connectivity index (χ3v) is 8.56. The number of rotatable bonds is 14. The summed E-state index contributed by atoms with van der Waals surface area (Å²) >= 11 is 6.10. The molecule has 0 bridgehead atoms. The molecule has 1 aromatic heterocycles. The average molecular weight is 608 g/mol. The van der Waals surface area contributed by atoms with Crippen molar-refractivity contribution in [1.82, 2.24) is 14.9 Å². The van der Waals surface area contributed by atoms with E-state index in [2.05, 4.69) is 10.0 Å². The van der Waals surface area contributed by atoms with Gasteiger partial charge in [0.05, 0.1) is 17.7 Å². The fourth-order valence-electron chi connectivity index (χ4n) is 4.55. The fraction of sp³-hybridized carbons (Fsp3) is 0.250. The molecule has 4 aromatic rings. The number of carbonyl (C=O) groups is 2. The minimum atomic E-state index is -3.57. The van der Waals surface area contributed by atoms with Crippen LogP contribution in [0.5, 0.6) is 0 Å². The van der Waals surface area contributed by atoms with Gasteiger partial charge >= 0.3 is 0 Å². The highest BCUT2D eigenvalue weighted by Crippen LogP contribution is 2.19. The lowest BCUT2D eigenvalue weighted by Crippen LogP contribution is -2.50. The topological polar surface area (TPSA) is 109 Å². The minimum absolute atomic E-state index is 0.129. The van der Waals surface area contributed by atoms with Crippen molar-refractivity contribution in [3.63, 3.8) is 0 Å². The summed E-state index contributed by atoms with van der Waals surface area (Å²) in [6, 6.07) is 26.0. The van der Waals surface area contributed by atoms with E-state index in [1.54, 1.807) is 54.5 Å². The van der Waals surface area contributed by atoms with Crippen LogP contribution >= 0.6 is 11.6 Å². The number of aryl methyl sites for hydroxylation is 1. The summed E-state index contributed by atoms with van der Waals surface area (Å²) < 4.78 is 32.4. The maximum atomic E-state index is 13.9. The monoisotopic (exact) mass is 607 g/mol. The van der Waals surface area contributed by atoms with Crippen molar-refractivity contribution in [3.05, 3.63) is 125 Å². The number of halogens is 1. The van der Waals surface area contributed by atoms with Crippen LogP contribution < -0.4 is 10.0 Å². The first-order valence-electron chi connectivity index (χ1n) is 13.7. The number of nitrogens with zero attached hydrogens (tertiary/aromatic N) is 1. The van der Waals surface area contributed by atoms with Crippen LogP contribution in [0.25, 0.3) is 0 Å². The molecule has 1 atom stereocenters. The Morgan fingerprint density at radius 1 is 0.881 bits per heavy atom. The van der Waals surface area contributed by atoms with E-state index in [1.165, 1.54) is 12.1 Å². The molecule has 2 N–H and O–H groups in total. The molecule has 0 saturated carbocycles. The summed E-state index contributed by atoms with van der Waals surface area (Å²) in [5.74, 6) is 0.107. The van der Waals surface area contributed by atoms with Gasteiger partial charge in [-0.2, -0.15) is 0 Å². The van der Waals surface area contributed by atoms with Crippen molar-refractivity contribution in [1.29, 1.82) is 0 Å². The van der Waals surface area contributed by atoms with Gasteiger partial charge in [-0.1, -0.05) is 73.1 Å². The molecule has 220 valence electrons. The Balaban J connectivity index is 1.57. The van der Waals surface area contributed by atoms with Gasteiger partial charge in [0, 0.05) is 31.0 Å². The highest BCUT2D eigenvalue weighted by atomic mass is 35.5. The van der Waals surface area contributed by atoms with Crippen molar-refractivity contribution >= 4 is 33.4 Å². The van der Waals surface area contributed by atoms with E-state index in [-0.39, 0.29) is 36.2 Å². The van der Waals surface area contributed by atoms with Crippen LogP contribution in [-0.4, -0.2) is 37.7 Å². The van der Waals surface area contributed by atoms with Gasteiger partial charge in [-0.25, -0.2) is 13.1 Å². The first-order chi connectivity index (χ1) is 20.2. The highest BCUT2D eigenvalue weighted by Gasteiger charge is 2.30. The first-order valence-corrected chi connectivity index (χ1v) is 15.6. The number of nitrogens with one attached hydrogen (secondary N) is 2. The van der Waals surface area contributed by atoms with E-state index < -0.39 is 16.1 Å². The number of hydrogen-bond donors (Lipinski definition) is 2. The normalized spacial score (nSPS) is 12.0. The lowest BCUT2D eigenvalue weighted by molar-refractivity contribution is -0.141. The second kappa shape index (κ2) is 14.8. The van der Waals surface area contributed by atoms with Crippen molar-refractivity contribution in [2.45, 2.75) is 50.2 Å². The number of hydrogen-bond acceptors (Lipinski definition) is 5.